The molecule has 0 radical (unpaired) electrons. The van der Waals surface area contributed by atoms with Crippen LogP contribution in [-0.2, 0) is 9.59 Å². The van der Waals surface area contributed by atoms with E-state index in [9.17, 15) is 9.59 Å². The normalized spacial score (nSPS) is 10.6. The van der Waals surface area contributed by atoms with Crippen LogP contribution >= 0.6 is 11.6 Å². The van der Waals surface area contributed by atoms with E-state index < -0.39 is 11.9 Å². The molecule has 0 heterocycles. The van der Waals surface area contributed by atoms with Gasteiger partial charge in [0.1, 0.15) is 0 Å². The Morgan fingerprint density at radius 2 is 1.30 bits per heavy atom. The van der Waals surface area contributed by atoms with Gasteiger partial charge in [-0.1, -0.05) is 25.4 Å². The van der Waals surface area contributed by atoms with Crippen LogP contribution in [0.15, 0.2) is 18.2 Å². The number of ether oxygens (including phenoxy) is 4. The number of hydrogen-bond donors (Lipinski definition) is 0. The van der Waals surface area contributed by atoms with E-state index in [1.165, 1.54) is 13.8 Å². The molecule has 0 aliphatic carbocycles. The summed E-state index contributed by atoms with van der Waals surface area (Å²) in [4.78, 5) is 23.4. The summed E-state index contributed by atoms with van der Waals surface area (Å²) >= 11 is 6.15. The van der Waals surface area contributed by atoms with Gasteiger partial charge in [-0.3, -0.25) is 9.59 Å². The molecule has 0 spiro atoms. The average Bonchev–Trinajstić information content (AvgIpc) is 2.60. The lowest BCUT2D eigenvalue weighted by atomic mass is 10.1. The minimum atomic E-state index is -0.515. The maximum Gasteiger partial charge on any atom is 0.308 e. The summed E-state index contributed by atoms with van der Waals surface area (Å²) in [6.45, 7) is 7.23. The van der Waals surface area contributed by atoms with Gasteiger partial charge in [0, 0.05) is 29.6 Å². The molecule has 0 atom stereocenters. The molecule has 0 aliphatic rings. The molecule has 2 rings (SSSR count). The zero-order valence-electron chi connectivity index (χ0n) is 15.9. The Morgan fingerprint density at radius 1 is 0.815 bits per heavy atom. The van der Waals surface area contributed by atoms with Gasteiger partial charge in [-0.15, -0.1) is 0 Å². The first kappa shape index (κ1) is 20.8. The first-order valence-corrected chi connectivity index (χ1v) is 9.18. The quantitative estimate of drug-likeness (QED) is 0.467. The fourth-order valence-electron chi connectivity index (χ4n) is 2.51. The summed E-state index contributed by atoms with van der Waals surface area (Å²) in [5, 5.41) is 1.46. The molecule has 0 fully saturated rings. The number of rotatable bonds is 8. The fraction of sp³-hybridized carbons (Fsp3) is 0.400. The van der Waals surface area contributed by atoms with Crippen LogP contribution in [0, 0.1) is 0 Å². The smallest absolute Gasteiger partial charge is 0.308 e. The molecule has 2 aromatic rings. The molecule has 0 N–H and O–H groups in total. The minimum absolute atomic E-state index is 0.190. The van der Waals surface area contributed by atoms with Crippen LogP contribution in [0.5, 0.6) is 23.0 Å². The van der Waals surface area contributed by atoms with E-state index in [0.29, 0.717) is 29.0 Å². The van der Waals surface area contributed by atoms with E-state index in [1.54, 1.807) is 18.2 Å². The third-order valence-corrected chi connectivity index (χ3v) is 3.72. The van der Waals surface area contributed by atoms with Crippen LogP contribution in [0.25, 0.3) is 10.8 Å². The Labute approximate surface area is 163 Å². The van der Waals surface area contributed by atoms with Gasteiger partial charge in [0.05, 0.1) is 13.2 Å². The Hall–Kier alpha value is -2.47. The first-order chi connectivity index (χ1) is 12.9. The fourth-order valence-corrected chi connectivity index (χ4v) is 2.69. The molecule has 0 bridgehead atoms. The van der Waals surface area contributed by atoms with Crippen molar-refractivity contribution in [1.29, 1.82) is 0 Å². The van der Waals surface area contributed by atoms with E-state index in [4.69, 9.17) is 30.5 Å². The second kappa shape index (κ2) is 9.46. The lowest BCUT2D eigenvalue weighted by Gasteiger charge is -2.21. The zero-order chi connectivity index (χ0) is 20.0. The number of carbonyl (C=O) groups is 2. The number of esters is 2. The molecular formula is C20H23ClO6. The highest BCUT2D eigenvalue weighted by Crippen LogP contribution is 2.52. The van der Waals surface area contributed by atoms with E-state index in [0.717, 1.165) is 12.8 Å². The van der Waals surface area contributed by atoms with E-state index in [2.05, 4.69) is 0 Å². The highest BCUT2D eigenvalue weighted by atomic mass is 35.5. The zero-order valence-corrected chi connectivity index (χ0v) is 16.6. The lowest BCUT2D eigenvalue weighted by molar-refractivity contribution is -0.133. The molecule has 146 valence electrons. The van der Waals surface area contributed by atoms with Crippen LogP contribution in [0.4, 0.5) is 0 Å². The van der Waals surface area contributed by atoms with Gasteiger partial charge in [0.2, 0.25) is 11.5 Å². The predicted molar refractivity (Wildman–Crippen MR) is 103 cm³/mol. The number of benzene rings is 2. The van der Waals surface area contributed by atoms with Crippen molar-refractivity contribution >= 4 is 34.3 Å². The summed E-state index contributed by atoms with van der Waals surface area (Å²) in [6.07, 6.45) is 1.46. The van der Waals surface area contributed by atoms with Gasteiger partial charge in [-0.2, -0.15) is 0 Å². The maximum atomic E-state index is 11.7. The number of halogens is 1. The second-order valence-corrected chi connectivity index (χ2v) is 6.33. The average molecular weight is 395 g/mol. The van der Waals surface area contributed by atoms with Gasteiger partial charge in [0.15, 0.2) is 11.5 Å². The van der Waals surface area contributed by atoms with Crippen molar-refractivity contribution in [3.8, 4) is 23.0 Å². The molecule has 7 heteroatoms. The van der Waals surface area contributed by atoms with Gasteiger partial charge < -0.3 is 18.9 Å². The summed E-state index contributed by atoms with van der Waals surface area (Å²) in [5.41, 5.74) is 0. The van der Waals surface area contributed by atoms with Crippen molar-refractivity contribution in [2.45, 2.75) is 40.5 Å². The summed E-state index contributed by atoms with van der Waals surface area (Å²) in [7, 11) is 0. The predicted octanol–water partition coefficient (Wildman–Crippen LogP) is 4.92. The van der Waals surface area contributed by atoms with Crippen LogP contribution in [0.2, 0.25) is 5.02 Å². The molecule has 0 saturated carbocycles. The largest absolute Gasteiger partial charge is 0.486 e. The number of hydrogen-bond acceptors (Lipinski definition) is 6. The molecule has 0 aliphatic heterocycles. The van der Waals surface area contributed by atoms with Crippen molar-refractivity contribution < 1.29 is 28.5 Å². The standard InChI is InChI=1S/C20H23ClO6/c1-5-9-24-19-17(26-12(3)22)15-8-7-14(21)11-16(15)18(27-13(4)23)20(19)25-10-6-2/h7-8,11H,5-6,9-10H2,1-4H3. The maximum absolute atomic E-state index is 11.7. The second-order valence-electron chi connectivity index (χ2n) is 5.89. The Bertz CT molecular complexity index is 846. The highest BCUT2D eigenvalue weighted by molar-refractivity contribution is 6.31. The lowest BCUT2D eigenvalue weighted by Crippen LogP contribution is -2.11. The molecule has 0 amide bonds. The number of fused-ring (bicyclic) bond motifs is 1. The molecule has 0 unspecified atom stereocenters. The topological polar surface area (TPSA) is 71.1 Å². The summed E-state index contributed by atoms with van der Waals surface area (Å²) in [6, 6.07) is 4.97. The third-order valence-electron chi connectivity index (χ3n) is 3.48. The van der Waals surface area contributed by atoms with Crippen LogP contribution < -0.4 is 18.9 Å². The van der Waals surface area contributed by atoms with Gasteiger partial charge in [-0.05, 0) is 31.0 Å². The van der Waals surface area contributed by atoms with Gasteiger partial charge >= 0.3 is 11.9 Å². The molecule has 0 aromatic heterocycles. The molecule has 27 heavy (non-hydrogen) atoms. The summed E-state index contributed by atoms with van der Waals surface area (Å²) in [5.74, 6) is -0.174. The first-order valence-electron chi connectivity index (χ1n) is 8.80. The Morgan fingerprint density at radius 3 is 1.74 bits per heavy atom. The van der Waals surface area contributed by atoms with Crippen molar-refractivity contribution in [3.05, 3.63) is 23.2 Å². The Kier molecular flexibility index (Phi) is 7.30. The van der Waals surface area contributed by atoms with E-state index >= 15 is 0 Å². The van der Waals surface area contributed by atoms with Gasteiger partial charge in [0.25, 0.3) is 0 Å². The van der Waals surface area contributed by atoms with E-state index in [-0.39, 0.29) is 23.0 Å². The van der Waals surface area contributed by atoms with Crippen LogP contribution in [0.1, 0.15) is 40.5 Å². The van der Waals surface area contributed by atoms with Gasteiger partial charge in [-0.25, -0.2) is 0 Å². The van der Waals surface area contributed by atoms with Crippen molar-refractivity contribution in [2.24, 2.45) is 0 Å². The SMILES string of the molecule is CCCOc1c(OCCC)c(OC(C)=O)c2cc(Cl)ccc2c1OC(C)=O. The van der Waals surface area contributed by atoms with Crippen molar-refractivity contribution in [2.75, 3.05) is 13.2 Å². The third kappa shape index (κ3) is 5.04. The minimum Gasteiger partial charge on any atom is -0.486 e. The molecule has 6 nitrogen and oxygen atoms in total. The van der Waals surface area contributed by atoms with Crippen molar-refractivity contribution in [3.63, 3.8) is 0 Å². The highest BCUT2D eigenvalue weighted by Gasteiger charge is 2.27. The van der Waals surface area contributed by atoms with E-state index in [1.807, 2.05) is 13.8 Å². The van der Waals surface area contributed by atoms with Crippen LogP contribution in [0.3, 0.4) is 0 Å². The molecule has 0 saturated heterocycles. The van der Waals surface area contributed by atoms with Crippen molar-refractivity contribution in [1.82, 2.24) is 0 Å². The monoisotopic (exact) mass is 394 g/mol. The molecule has 2 aromatic carbocycles. The van der Waals surface area contributed by atoms with Crippen LogP contribution in [-0.4, -0.2) is 25.2 Å². The molecular weight excluding hydrogens is 372 g/mol. The number of carbonyl (C=O) groups excluding carboxylic acids is 2. The summed E-state index contributed by atoms with van der Waals surface area (Å²) < 4.78 is 22.6. The Balaban J connectivity index is 2.88.